The summed E-state index contributed by atoms with van der Waals surface area (Å²) in [4.78, 5) is 17.4. The first-order chi connectivity index (χ1) is 18.0. The average Bonchev–Trinajstić information content (AvgIpc) is 3.26. The highest BCUT2D eigenvalue weighted by atomic mass is 16.5. The van der Waals surface area contributed by atoms with Gasteiger partial charge < -0.3 is 24.1 Å². The van der Waals surface area contributed by atoms with Crippen molar-refractivity contribution in [2.45, 2.75) is 39.7 Å². The van der Waals surface area contributed by atoms with Crippen molar-refractivity contribution in [2.24, 2.45) is 0 Å². The molecule has 0 aliphatic carbocycles. The molecule has 0 saturated carbocycles. The van der Waals surface area contributed by atoms with E-state index < -0.39 is 0 Å². The molecule has 0 aliphatic heterocycles. The highest BCUT2D eigenvalue weighted by Gasteiger charge is 2.12. The largest absolute Gasteiger partial charge is 0.493 e. The Morgan fingerprint density at radius 2 is 1.76 bits per heavy atom. The third-order valence-corrected chi connectivity index (χ3v) is 6.56. The Kier molecular flexibility index (Phi) is 8.67. The minimum absolute atomic E-state index is 0.0446. The number of ether oxygens (including phenoxy) is 3. The quantitative estimate of drug-likeness (QED) is 0.275. The fourth-order valence-electron chi connectivity index (χ4n) is 4.40. The third-order valence-electron chi connectivity index (χ3n) is 6.56. The van der Waals surface area contributed by atoms with Crippen molar-refractivity contribution in [1.29, 1.82) is 0 Å². The number of hydrogen-bond donors (Lipinski definition) is 1. The van der Waals surface area contributed by atoms with Crippen molar-refractivity contribution in [1.82, 2.24) is 14.9 Å². The molecule has 0 atom stereocenters. The lowest BCUT2D eigenvalue weighted by Crippen LogP contribution is -2.28. The van der Waals surface area contributed by atoms with E-state index in [0.29, 0.717) is 31.1 Å². The number of hydrogen-bond acceptors (Lipinski definition) is 5. The average molecular weight is 502 g/mol. The molecule has 0 bridgehead atoms. The van der Waals surface area contributed by atoms with Crippen LogP contribution in [0.4, 0.5) is 0 Å². The first-order valence-corrected chi connectivity index (χ1v) is 12.6. The Morgan fingerprint density at radius 3 is 2.57 bits per heavy atom. The Hall–Kier alpha value is -4.00. The van der Waals surface area contributed by atoms with E-state index in [4.69, 9.17) is 19.2 Å². The standard InChI is InChI=1S/C30H35N3O4/c1-21-9-7-12-26(22(21)2)37-18-8-17-33-25-11-6-5-10-24(25)32-29(33)15-16-31-30(34)20-23-13-14-27(35-3)28(19-23)36-4/h5-7,9-14,19H,8,15-18,20H2,1-4H3,(H,31,34). The van der Waals surface area contributed by atoms with Gasteiger partial charge >= 0.3 is 0 Å². The molecule has 1 heterocycles. The number of para-hydroxylation sites is 2. The number of rotatable bonds is 12. The minimum Gasteiger partial charge on any atom is -0.493 e. The van der Waals surface area contributed by atoms with Gasteiger partial charge in [-0.15, -0.1) is 0 Å². The molecular formula is C30H35N3O4. The summed E-state index contributed by atoms with van der Waals surface area (Å²) >= 11 is 0. The molecule has 1 N–H and O–H groups in total. The van der Waals surface area contributed by atoms with Gasteiger partial charge in [-0.3, -0.25) is 4.79 Å². The third kappa shape index (κ3) is 6.42. The molecule has 3 aromatic carbocycles. The number of benzene rings is 3. The summed E-state index contributed by atoms with van der Waals surface area (Å²) < 4.78 is 18.9. The van der Waals surface area contributed by atoms with Gasteiger partial charge in [0.1, 0.15) is 11.6 Å². The van der Waals surface area contributed by atoms with Crippen LogP contribution < -0.4 is 19.5 Å². The molecule has 0 spiro atoms. The first-order valence-electron chi connectivity index (χ1n) is 12.6. The normalized spacial score (nSPS) is 10.9. The number of imidazole rings is 1. The van der Waals surface area contributed by atoms with Crippen molar-refractivity contribution in [3.63, 3.8) is 0 Å². The monoisotopic (exact) mass is 501 g/mol. The van der Waals surface area contributed by atoms with Crippen molar-refractivity contribution < 1.29 is 19.0 Å². The topological polar surface area (TPSA) is 74.6 Å². The number of fused-ring (bicyclic) bond motifs is 1. The lowest BCUT2D eigenvalue weighted by Gasteiger charge is -2.13. The van der Waals surface area contributed by atoms with Crippen molar-refractivity contribution in [3.8, 4) is 17.2 Å². The number of amides is 1. The SMILES string of the molecule is COc1ccc(CC(=O)NCCc2nc3ccccc3n2CCCOc2cccc(C)c2C)cc1OC. The Morgan fingerprint density at radius 1 is 0.946 bits per heavy atom. The van der Waals surface area contributed by atoms with Crippen LogP contribution in [-0.4, -0.2) is 42.8 Å². The molecule has 1 amide bonds. The van der Waals surface area contributed by atoms with E-state index in [1.807, 2.05) is 48.5 Å². The maximum Gasteiger partial charge on any atom is 0.224 e. The van der Waals surface area contributed by atoms with Gasteiger partial charge in [-0.2, -0.15) is 0 Å². The van der Waals surface area contributed by atoms with Gasteiger partial charge in [0.2, 0.25) is 5.91 Å². The molecule has 0 aliphatic rings. The number of nitrogens with zero attached hydrogens (tertiary/aromatic N) is 2. The van der Waals surface area contributed by atoms with Crippen LogP contribution in [0.3, 0.4) is 0 Å². The maximum atomic E-state index is 12.6. The fourth-order valence-corrected chi connectivity index (χ4v) is 4.40. The van der Waals surface area contributed by atoms with Gasteiger partial charge in [-0.05, 0) is 67.3 Å². The molecule has 7 heteroatoms. The predicted molar refractivity (Wildman–Crippen MR) is 146 cm³/mol. The van der Waals surface area contributed by atoms with Gasteiger partial charge in [0, 0.05) is 19.5 Å². The lowest BCUT2D eigenvalue weighted by molar-refractivity contribution is -0.120. The van der Waals surface area contributed by atoms with E-state index in [9.17, 15) is 4.79 Å². The summed E-state index contributed by atoms with van der Waals surface area (Å²) in [6, 6.07) is 19.8. The highest BCUT2D eigenvalue weighted by Crippen LogP contribution is 2.27. The minimum atomic E-state index is -0.0446. The molecule has 4 rings (SSSR count). The van der Waals surface area contributed by atoms with Crippen molar-refractivity contribution in [2.75, 3.05) is 27.4 Å². The zero-order valence-electron chi connectivity index (χ0n) is 22.0. The molecule has 0 fully saturated rings. The first kappa shape index (κ1) is 26.1. The van der Waals surface area contributed by atoms with Crippen LogP contribution in [0.5, 0.6) is 17.2 Å². The van der Waals surface area contributed by atoms with Gasteiger partial charge in [0.15, 0.2) is 11.5 Å². The fraction of sp³-hybridized carbons (Fsp3) is 0.333. The van der Waals surface area contributed by atoms with Gasteiger partial charge in [-0.1, -0.05) is 30.3 Å². The van der Waals surface area contributed by atoms with Gasteiger partial charge in [0.25, 0.3) is 0 Å². The summed E-state index contributed by atoms with van der Waals surface area (Å²) in [6.45, 7) is 6.11. The van der Waals surface area contributed by atoms with Crippen LogP contribution in [-0.2, 0) is 24.2 Å². The maximum absolute atomic E-state index is 12.6. The van der Waals surface area contributed by atoms with Crippen molar-refractivity contribution in [3.05, 3.63) is 83.2 Å². The van der Waals surface area contributed by atoms with E-state index >= 15 is 0 Å². The number of carbonyl (C=O) groups is 1. The molecule has 0 saturated heterocycles. The summed E-state index contributed by atoms with van der Waals surface area (Å²) in [5.74, 6) is 3.11. The summed E-state index contributed by atoms with van der Waals surface area (Å²) in [5.41, 5.74) is 5.34. The Bertz CT molecular complexity index is 1360. The Balaban J connectivity index is 1.34. The second-order valence-electron chi connectivity index (χ2n) is 9.03. The van der Waals surface area contributed by atoms with Gasteiger partial charge in [-0.25, -0.2) is 4.98 Å². The van der Waals surface area contributed by atoms with E-state index in [1.54, 1.807) is 14.2 Å². The molecule has 194 valence electrons. The van der Waals surface area contributed by atoms with Crippen LogP contribution in [0.2, 0.25) is 0 Å². The van der Waals surface area contributed by atoms with E-state index in [0.717, 1.165) is 41.1 Å². The van der Waals surface area contributed by atoms with E-state index in [2.05, 4.69) is 35.9 Å². The number of aromatic nitrogens is 2. The Labute approximate surface area is 218 Å². The van der Waals surface area contributed by atoms with Crippen LogP contribution in [0, 0.1) is 13.8 Å². The molecule has 37 heavy (non-hydrogen) atoms. The number of aryl methyl sites for hydroxylation is 2. The zero-order valence-corrected chi connectivity index (χ0v) is 22.0. The smallest absolute Gasteiger partial charge is 0.224 e. The summed E-state index contributed by atoms with van der Waals surface area (Å²) in [6.07, 6.45) is 1.77. The van der Waals surface area contributed by atoms with E-state index in [1.165, 1.54) is 11.1 Å². The van der Waals surface area contributed by atoms with Crippen LogP contribution in [0.15, 0.2) is 60.7 Å². The molecule has 0 radical (unpaired) electrons. The molecule has 1 aromatic heterocycles. The summed E-state index contributed by atoms with van der Waals surface area (Å²) in [7, 11) is 3.18. The second kappa shape index (κ2) is 12.3. The molecular weight excluding hydrogens is 466 g/mol. The molecule has 0 unspecified atom stereocenters. The lowest BCUT2D eigenvalue weighted by atomic mass is 10.1. The number of nitrogens with one attached hydrogen (secondary N) is 1. The van der Waals surface area contributed by atoms with Crippen molar-refractivity contribution >= 4 is 16.9 Å². The van der Waals surface area contributed by atoms with Gasteiger partial charge in [0.05, 0.1) is 38.3 Å². The summed E-state index contributed by atoms with van der Waals surface area (Å²) in [5, 5.41) is 3.03. The highest BCUT2D eigenvalue weighted by molar-refractivity contribution is 5.79. The molecule has 4 aromatic rings. The second-order valence-corrected chi connectivity index (χ2v) is 9.03. The number of carbonyl (C=O) groups excluding carboxylic acids is 1. The van der Waals surface area contributed by atoms with Crippen LogP contribution >= 0.6 is 0 Å². The zero-order chi connectivity index (χ0) is 26.2. The predicted octanol–water partition coefficient (Wildman–Crippen LogP) is 5.04. The van der Waals surface area contributed by atoms with Crippen LogP contribution in [0.1, 0.15) is 28.9 Å². The molecule has 7 nitrogen and oxygen atoms in total. The van der Waals surface area contributed by atoms with E-state index in [-0.39, 0.29) is 12.3 Å². The number of methoxy groups -OCH3 is 2. The van der Waals surface area contributed by atoms with Crippen LogP contribution in [0.25, 0.3) is 11.0 Å².